The minimum Gasteiger partial charge on any atom is -0.488 e. The Morgan fingerprint density at radius 3 is 2.61 bits per heavy atom. The molecular weight excluding hydrogens is 359 g/mol. The fourth-order valence-electron chi connectivity index (χ4n) is 2.92. The molecule has 3 aromatic rings. The molecule has 6 heteroatoms. The van der Waals surface area contributed by atoms with Crippen molar-refractivity contribution in [3.8, 4) is 5.75 Å². The van der Waals surface area contributed by atoms with Crippen molar-refractivity contribution in [2.45, 2.75) is 39.4 Å². The first-order valence-electron chi connectivity index (χ1n) is 9.25. The largest absolute Gasteiger partial charge is 0.488 e. The normalized spacial score (nSPS) is 11.4. The van der Waals surface area contributed by atoms with Crippen LogP contribution in [0.2, 0.25) is 0 Å². The summed E-state index contributed by atoms with van der Waals surface area (Å²) in [6.45, 7) is 6.20. The molecular formula is C22H25FN2O3. The van der Waals surface area contributed by atoms with E-state index in [1.165, 1.54) is 6.07 Å². The molecule has 148 valence electrons. The summed E-state index contributed by atoms with van der Waals surface area (Å²) in [6, 6.07) is 12.8. The quantitative estimate of drug-likeness (QED) is 0.632. The molecule has 0 radical (unpaired) electrons. The van der Waals surface area contributed by atoms with Gasteiger partial charge in [0, 0.05) is 18.1 Å². The number of nitrogens with one attached hydrogen (secondary N) is 2. The van der Waals surface area contributed by atoms with Crippen LogP contribution in [0, 0.1) is 5.82 Å². The van der Waals surface area contributed by atoms with Crippen LogP contribution in [0.5, 0.6) is 5.75 Å². The van der Waals surface area contributed by atoms with Crippen LogP contribution in [0.15, 0.2) is 48.7 Å². The summed E-state index contributed by atoms with van der Waals surface area (Å²) in [5.41, 5.74) is 1.75. The number of fused-ring (bicyclic) bond motifs is 1. The van der Waals surface area contributed by atoms with Gasteiger partial charge in [0.1, 0.15) is 23.8 Å². The highest BCUT2D eigenvalue weighted by Gasteiger charge is 2.17. The fraction of sp³-hybridized carbons (Fsp3) is 0.318. The van der Waals surface area contributed by atoms with Crippen LogP contribution in [0.1, 0.15) is 31.9 Å². The molecule has 0 fully saturated rings. The van der Waals surface area contributed by atoms with Crippen LogP contribution >= 0.6 is 0 Å². The average molecular weight is 384 g/mol. The van der Waals surface area contributed by atoms with Crippen molar-refractivity contribution in [2.75, 3.05) is 6.54 Å². The molecule has 0 saturated carbocycles. The number of benzene rings is 2. The van der Waals surface area contributed by atoms with Crippen LogP contribution in [0.3, 0.4) is 0 Å². The molecule has 0 saturated heterocycles. The molecule has 1 amide bonds. The summed E-state index contributed by atoms with van der Waals surface area (Å²) < 4.78 is 25.4. The van der Waals surface area contributed by atoms with Crippen LogP contribution in [-0.2, 0) is 17.8 Å². The van der Waals surface area contributed by atoms with Gasteiger partial charge in [-0.05, 0) is 50.5 Å². The molecule has 5 nitrogen and oxygen atoms in total. The highest BCUT2D eigenvalue weighted by Crippen LogP contribution is 2.31. The third-order valence-corrected chi connectivity index (χ3v) is 4.13. The van der Waals surface area contributed by atoms with E-state index in [0.717, 1.165) is 11.1 Å². The number of halogens is 1. The molecule has 0 bridgehead atoms. The molecule has 0 atom stereocenters. The van der Waals surface area contributed by atoms with E-state index < -0.39 is 11.7 Å². The van der Waals surface area contributed by atoms with E-state index in [1.54, 1.807) is 12.3 Å². The molecule has 0 aliphatic heterocycles. The molecule has 0 aliphatic rings. The van der Waals surface area contributed by atoms with Gasteiger partial charge in [-0.15, -0.1) is 0 Å². The Bertz CT molecular complexity index is 946. The number of rotatable bonds is 6. The number of carbonyl (C=O) groups is 1. The van der Waals surface area contributed by atoms with Crippen molar-refractivity contribution in [3.05, 3.63) is 65.6 Å². The van der Waals surface area contributed by atoms with Gasteiger partial charge in [-0.2, -0.15) is 0 Å². The Morgan fingerprint density at radius 1 is 1.14 bits per heavy atom. The molecule has 2 N–H and O–H groups in total. The maximum Gasteiger partial charge on any atom is 0.407 e. The SMILES string of the molecule is CC(C)(C)OC(=O)NCCc1c[nH]c2c(F)ccc(OCc3ccccc3)c12. The highest BCUT2D eigenvalue weighted by atomic mass is 19.1. The molecule has 3 rings (SSSR count). The van der Waals surface area contributed by atoms with Crippen molar-refractivity contribution >= 4 is 17.0 Å². The molecule has 0 unspecified atom stereocenters. The first-order chi connectivity index (χ1) is 13.3. The van der Waals surface area contributed by atoms with Crippen LogP contribution < -0.4 is 10.1 Å². The highest BCUT2D eigenvalue weighted by molar-refractivity contribution is 5.90. The lowest BCUT2D eigenvalue weighted by Crippen LogP contribution is -2.33. The van der Waals surface area contributed by atoms with E-state index in [-0.39, 0.29) is 5.82 Å². The number of aromatic amines is 1. The summed E-state index contributed by atoms with van der Waals surface area (Å²) in [5, 5.41) is 3.42. The van der Waals surface area contributed by atoms with Crippen LogP contribution in [-0.4, -0.2) is 23.2 Å². The van der Waals surface area contributed by atoms with Gasteiger partial charge in [0.2, 0.25) is 0 Å². The van der Waals surface area contributed by atoms with Gasteiger partial charge in [-0.3, -0.25) is 0 Å². The zero-order valence-electron chi connectivity index (χ0n) is 16.3. The minimum atomic E-state index is -0.549. The van der Waals surface area contributed by atoms with Gasteiger partial charge in [0.15, 0.2) is 0 Å². The first kappa shape index (κ1) is 19.7. The average Bonchev–Trinajstić information content (AvgIpc) is 3.06. The van der Waals surface area contributed by atoms with Gasteiger partial charge in [-0.1, -0.05) is 30.3 Å². The summed E-state index contributed by atoms with van der Waals surface area (Å²) in [5.74, 6) is 0.266. The molecule has 1 aromatic heterocycles. The molecule has 28 heavy (non-hydrogen) atoms. The number of ether oxygens (including phenoxy) is 2. The standard InChI is InChI=1S/C22H25FN2O3/c1-22(2,3)28-21(26)24-12-11-16-13-25-20-17(23)9-10-18(19(16)20)27-14-15-7-5-4-6-8-15/h4-10,13,25H,11-12,14H2,1-3H3,(H,24,26). The lowest BCUT2D eigenvalue weighted by Gasteiger charge is -2.19. The van der Waals surface area contributed by atoms with Crippen molar-refractivity contribution in [2.24, 2.45) is 0 Å². The summed E-state index contributed by atoms with van der Waals surface area (Å²) in [4.78, 5) is 14.8. The zero-order chi connectivity index (χ0) is 20.1. The van der Waals surface area contributed by atoms with Gasteiger partial charge < -0.3 is 19.8 Å². The van der Waals surface area contributed by atoms with Crippen molar-refractivity contribution < 1.29 is 18.7 Å². The van der Waals surface area contributed by atoms with E-state index >= 15 is 0 Å². The van der Waals surface area contributed by atoms with E-state index in [4.69, 9.17) is 9.47 Å². The van der Waals surface area contributed by atoms with Crippen molar-refractivity contribution in [3.63, 3.8) is 0 Å². The predicted octanol–water partition coefficient (Wildman–Crippen LogP) is 4.95. The van der Waals surface area contributed by atoms with Crippen LogP contribution in [0.25, 0.3) is 10.9 Å². The van der Waals surface area contributed by atoms with E-state index in [0.29, 0.717) is 36.2 Å². The Kier molecular flexibility index (Phi) is 5.87. The zero-order valence-corrected chi connectivity index (χ0v) is 16.3. The van der Waals surface area contributed by atoms with Crippen molar-refractivity contribution in [1.29, 1.82) is 0 Å². The first-order valence-corrected chi connectivity index (χ1v) is 9.25. The second kappa shape index (κ2) is 8.33. The van der Waals surface area contributed by atoms with Gasteiger partial charge in [-0.25, -0.2) is 9.18 Å². The topological polar surface area (TPSA) is 63.3 Å². The van der Waals surface area contributed by atoms with E-state index in [9.17, 15) is 9.18 Å². The number of alkyl carbamates (subject to hydrolysis) is 1. The van der Waals surface area contributed by atoms with Gasteiger partial charge in [0.05, 0.1) is 5.52 Å². The fourth-order valence-corrected chi connectivity index (χ4v) is 2.92. The van der Waals surface area contributed by atoms with Crippen LogP contribution in [0.4, 0.5) is 9.18 Å². The lowest BCUT2D eigenvalue weighted by molar-refractivity contribution is 0.0528. The molecule has 2 aromatic carbocycles. The number of hydrogen-bond acceptors (Lipinski definition) is 3. The Balaban J connectivity index is 1.72. The van der Waals surface area contributed by atoms with Crippen molar-refractivity contribution in [1.82, 2.24) is 10.3 Å². The summed E-state index contributed by atoms with van der Waals surface area (Å²) in [7, 11) is 0. The maximum atomic E-state index is 14.2. The lowest BCUT2D eigenvalue weighted by atomic mass is 10.1. The third kappa shape index (κ3) is 5.03. The minimum absolute atomic E-state index is 0.339. The second-order valence-electron chi connectivity index (χ2n) is 7.56. The van der Waals surface area contributed by atoms with Gasteiger partial charge >= 0.3 is 6.09 Å². The number of amides is 1. The summed E-state index contributed by atoms with van der Waals surface area (Å²) in [6.07, 6.45) is 1.80. The molecule has 0 spiro atoms. The molecule has 0 aliphatic carbocycles. The summed E-state index contributed by atoms with van der Waals surface area (Å²) >= 11 is 0. The monoisotopic (exact) mass is 384 g/mol. The second-order valence-corrected chi connectivity index (χ2v) is 7.56. The maximum absolute atomic E-state index is 14.2. The smallest absolute Gasteiger partial charge is 0.407 e. The third-order valence-electron chi connectivity index (χ3n) is 4.13. The number of aromatic nitrogens is 1. The Labute approximate surface area is 163 Å². The number of H-pyrrole nitrogens is 1. The predicted molar refractivity (Wildman–Crippen MR) is 107 cm³/mol. The Hall–Kier alpha value is -3.02. The van der Waals surface area contributed by atoms with E-state index in [1.807, 2.05) is 51.1 Å². The molecule has 1 heterocycles. The number of hydrogen-bond donors (Lipinski definition) is 2. The van der Waals surface area contributed by atoms with E-state index in [2.05, 4.69) is 10.3 Å². The number of carbonyl (C=O) groups excluding carboxylic acids is 1. The van der Waals surface area contributed by atoms with Gasteiger partial charge in [0.25, 0.3) is 0 Å². The Morgan fingerprint density at radius 2 is 1.89 bits per heavy atom.